The number of anilines is 1. The van der Waals surface area contributed by atoms with E-state index in [2.05, 4.69) is 22.4 Å². The van der Waals surface area contributed by atoms with Crippen LogP contribution in [0.1, 0.15) is 43.8 Å². The van der Waals surface area contributed by atoms with Gasteiger partial charge in [-0.05, 0) is 46.8 Å². The number of fused-ring (bicyclic) bond motifs is 1. The van der Waals surface area contributed by atoms with Gasteiger partial charge in [0.25, 0.3) is 0 Å². The lowest BCUT2D eigenvalue weighted by molar-refractivity contribution is 0.288. The Balaban J connectivity index is 2.01. The van der Waals surface area contributed by atoms with Crippen molar-refractivity contribution in [3.05, 3.63) is 41.4 Å². The molecule has 3 aromatic rings. The van der Waals surface area contributed by atoms with Gasteiger partial charge in [-0.2, -0.15) is 0 Å². The molecule has 0 aliphatic heterocycles. The van der Waals surface area contributed by atoms with E-state index in [-0.39, 0.29) is 6.04 Å². The van der Waals surface area contributed by atoms with Gasteiger partial charge in [0.05, 0.1) is 30.5 Å². The molecule has 0 aliphatic rings. The number of pyridine rings is 1. The molecule has 2 aromatic heterocycles. The second kappa shape index (κ2) is 7.64. The van der Waals surface area contributed by atoms with E-state index in [1.807, 2.05) is 45.9 Å². The molecule has 1 N–H and O–H groups in total. The Hall–Kier alpha value is -2.76. The van der Waals surface area contributed by atoms with Crippen molar-refractivity contribution in [3.63, 3.8) is 0 Å². The smallest absolute Gasteiger partial charge is 0.163 e. The lowest BCUT2D eigenvalue weighted by Gasteiger charge is -2.18. The van der Waals surface area contributed by atoms with Crippen molar-refractivity contribution in [1.82, 2.24) is 10.1 Å². The summed E-state index contributed by atoms with van der Waals surface area (Å²) in [5.41, 5.74) is 3.81. The predicted molar refractivity (Wildman–Crippen MR) is 102 cm³/mol. The maximum Gasteiger partial charge on any atom is 0.163 e. The highest BCUT2D eigenvalue weighted by atomic mass is 16.5. The van der Waals surface area contributed by atoms with E-state index in [0.29, 0.717) is 19.0 Å². The third kappa shape index (κ3) is 3.45. The van der Waals surface area contributed by atoms with Gasteiger partial charge in [-0.15, -0.1) is 0 Å². The summed E-state index contributed by atoms with van der Waals surface area (Å²) in [6.45, 7) is 11.0. The lowest BCUT2D eigenvalue weighted by atomic mass is 10.1. The average Bonchev–Trinajstić information content (AvgIpc) is 2.95. The molecule has 138 valence electrons. The van der Waals surface area contributed by atoms with E-state index < -0.39 is 0 Å². The average molecular weight is 355 g/mol. The number of ether oxygens (including phenoxy) is 2. The number of nitrogens with one attached hydrogen (secondary N) is 1. The van der Waals surface area contributed by atoms with Crippen molar-refractivity contribution in [2.24, 2.45) is 0 Å². The fourth-order valence-corrected chi connectivity index (χ4v) is 3.23. The first kappa shape index (κ1) is 18.0. The maximum absolute atomic E-state index is 5.76. The monoisotopic (exact) mass is 355 g/mol. The van der Waals surface area contributed by atoms with Gasteiger partial charge in [0.2, 0.25) is 0 Å². The van der Waals surface area contributed by atoms with E-state index in [0.717, 1.165) is 39.4 Å². The normalized spacial score (nSPS) is 12.2. The van der Waals surface area contributed by atoms with Crippen LogP contribution < -0.4 is 14.8 Å². The Morgan fingerprint density at radius 3 is 2.42 bits per heavy atom. The molecule has 26 heavy (non-hydrogen) atoms. The Labute approximate surface area is 153 Å². The third-order valence-corrected chi connectivity index (χ3v) is 4.30. The van der Waals surface area contributed by atoms with Crippen LogP contribution in [0.3, 0.4) is 0 Å². The zero-order valence-corrected chi connectivity index (χ0v) is 15.9. The number of rotatable bonds is 7. The van der Waals surface area contributed by atoms with Crippen LogP contribution in [0.2, 0.25) is 0 Å². The topological polar surface area (TPSA) is 69.4 Å². The van der Waals surface area contributed by atoms with Gasteiger partial charge in [-0.3, -0.25) is 4.98 Å². The molecule has 0 fully saturated rings. The first-order valence-corrected chi connectivity index (χ1v) is 8.92. The quantitative estimate of drug-likeness (QED) is 0.656. The van der Waals surface area contributed by atoms with Crippen molar-refractivity contribution < 1.29 is 14.0 Å². The second-order valence-electron chi connectivity index (χ2n) is 6.14. The number of aromatic nitrogens is 2. The Bertz CT molecular complexity index is 885. The molecule has 1 aromatic carbocycles. The summed E-state index contributed by atoms with van der Waals surface area (Å²) in [4.78, 5) is 4.48. The largest absolute Gasteiger partial charge is 0.490 e. The maximum atomic E-state index is 5.76. The molecule has 0 bridgehead atoms. The van der Waals surface area contributed by atoms with Crippen LogP contribution in [0.4, 0.5) is 5.69 Å². The van der Waals surface area contributed by atoms with Gasteiger partial charge in [-0.1, -0.05) is 5.16 Å². The summed E-state index contributed by atoms with van der Waals surface area (Å²) in [7, 11) is 0. The molecule has 1 atom stereocenters. The molecule has 0 saturated carbocycles. The molecule has 3 rings (SSSR count). The molecule has 0 spiro atoms. The van der Waals surface area contributed by atoms with Crippen LogP contribution >= 0.6 is 0 Å². The summed E-state index contributed by atoms with van der Waals surface area (Å²) in [6.07, 6.45) is 1.79. The van der Waals surface area contributed by atoms with Crippen LogP contribution in [0, 0.1) is 13.8 Å². The van der Waals surface area contributed by atoms with Gasteiger partial charge in [0.1, 0.15) is 5.76 Å². The molecule has 0 aliphatic carbocycles. The highest BCUT2D eigenvalue weighted by Crippen LogP contribution is 2.36. The highest BCUT2D eigenvalue weighted by Gasteiger charge is 2.18. The zero-order valence-electron chi connectivity index (χ0n) is 15.9. The fourth-order valence-electron chi connectivity index (χ4n) is 3.23. The minimum Gasteiger partial charge on any atom is -0.490 e. The van der Waals surface area contributed by atoms with Crippen molar-refractivity contribution >= 4 is 16.6 Å². The number of hydrogen-bond donors (Lipinski definition) is 1. The first-order chi connectivity index (χ1) is 12.5. The molecule has 1 unspecified atom stereocenters. The summed E-state index contributed by atoms with van der Waals surface area (Å²) >= 11 is 0. The third-order valence-electron chi connectivity index (χ3n) is 4.30. The minimum atomic E-state index is 0.0500. The summed E-state index contributed by atoms with van der Waals surface area (Å²) in [5.74, 6) is 2.27. The van der Waals surface area contributed by atoms with E-state index in [9.17, 15) is 0 Å². The first-order valence-electron chi connectivity index (χ1n) is 8.92. The Morgan fingerprint density at radius 2 is 1.81 bits per heavy atom. The van der Waals surface area contributed by atoms with Gasteiger partial charge in [0.15, 0.2) is 11.5 Å². The van der Waals surface area contributed by atoms with E-state index >= 15 is 0 Å². The van der Waals surface area contributed by atoms with Crippen LogP contribution in [0.15, 0.2) is 28.9 Å². The zero-order chi connectivity index (χ0) is 18.7. The minimum absolute atomic E-state index is 0.0500. The fraction of sp³-hybridized carbons (Fsp3) is 0.400. The summed E-state index contributed by atoms with van der Waals surface area (Å²) in [5, 5.41) is 8.59. The van der Waals surface area contributed by atoms with E-state index in [4.69, 9.17) is 14.0 Å². The predicted octanol–water partition coefficient (Wildman–Crippen LogP) is 4.81. The van der Waals surface area contributed by atoms with Crippen LogP contribution in [-0.4, -0.2) is 23.4 Å². The highest BCUT2D eigenvalue weighted by molar-refractivity contribution is 5.93. The summed E-state index contributed by atoms with van der Waals surface area (Å²) < 4.78 is 16.8. The van der Waals surface area contributed by atoms with Crippen molar-refractivity contribution in [3.8, 4) is 11.5 Å². The number of aryl methyl sites for hydroxylation is 2. The standard InChI is InChI=1S/C20H25N3O3/c1-6-24-18-10-15-16(8-9-21-17(15)11-19(18)25-7-2)22-12(3)20-13(4)23-26-14(20)5/h8-12H,6-7H2,1-5H3,(H,21,22). The SMILES string of the molecule is CCOc1cc2nccc(NC(C)c3c(C)noc3C)c2cc1OCC. The molecule has 0 radical (unpaired) electrons. The van der Waals surface area contributed by atoms with Crippen molar-refractivity contribution in [1.29, 1.82) is 0 Å². The molecule has 2 heterocycles. The molecule has 6 heteroatoms. The molecular formula is C20H25N3O3. The van der Waals surface area contributed by atoms with Crippen LogP contribution in [0.25, 0.3) is 10.9 Å². The number of nitrogens with zero attached hydrogens (tertiary/aromatic N) is 2. The Morgan fingerprint density at radius 1 is 1.12 bits per heavy atom. The summed E-state index contributed by atoms with van der Waals surface area (Å²) in [6, 6.07) is 5.93. The number of benzene rings is 1. The van der Waals surface area contributed by atoms with Crippen LogP contribution in [0.5, 0.6) is 11.5 Å². The molecular weight excluding hydrogens is 330 g/mol. The van der Waals surface area contributed by atoms with E-state index in [1.54, 1.807) is 6.20 Å². The second-order valence-corrected chi connectivity index (χ2v) is 6.14. The molecule has 6 nitrogen and oxygen atoms in total. The van der Waals surface area contributed by atoms with Crippen molar-refractivity contribution in [2.45, 2.75) is 40.7 Å². The van der Waals surface area contributed by atoms with E-state index in [1.165, 1.54) is 0 Å². The molecule has 0 saturated heterocycles. The van der Waals surface area contributed by atoms with Crippen molar-refractivity contribution in [2.75, 3.05) is 18.5 Å². The van der Waals surface area contributed by atoms with Gasteiger partial charge >= 0.3 is 0 Å². The van der Waals surface area contributed by atoms with Gasteiger partial charge < -0.3 is 19.3 Å². The van der Waals surface area contributed by atoms with Gasteiger partial charge in [0, 0.05) is 28.9 Å². The Kier molecular flexibility index (Phi) is 5.30. The van der Waals surface area contributed by atoms with Crippen LogP contribution in [-0.2, 0) is 0 Å². The van der Waals surface area contributed by atoms with Gasteiger partial charge in [-0.25, -0.2) is 0 Å². The lowest BCUT2D eigenvalue weighted by Crippen LogP contribution is -2.09. The number of hydrogen-bond acceptors (Lipinski definition) is 6. The molecule has 0 amide bonds.